The molecule has 1 N–H and O–H groups in total. The SMILES string of the molecule is CNC(C)C1(c2ccccc2Br)CCC1. The number of hydrogen-bond acceptors (Lipinski definition) is 1. The molecule has 1 aliphatic rings. The normalized spacial score (nSPS) is 20.7. The molecule has 1 aromatic rings. The van der Waals surface area contributed by atoms with Gasteiger partial charge in [-0.15, -0.1) is 0 Å². The molecule has 1 atom stereocenters. The van der Waals surface area contributed by atoms with E-state index in [1.54, 1.807) is 0 Å². The van der Waals surface area contributed by atoms with E-state index in [0.29, 0.717) is 11.5 Å². The van der Waals surface area contributed by atoms with Crippen LogP contribution < -0.4 is 5.32 Å². The van der Waals surface area contributed by atoms with Crippen molar-refractivity contribution in [2.24, 2.45) is 0 Å². The average molecular weight is 268 g/mol. The Balaban J connectivity index is 2.38. The first-order chi connectivity index (χ1) is 7.20. The molecule has 2 heteroatoms. The van der Waals surface area contributed by atoms with Crippen LogP contribution in [0.5, 0.6) is 0 Å². The summed E-state index contributed by atoms with van der Waals surface area (Å²) in [5, 5.41) is 3.41. The first kappa shape index (κ1) is 11.2. The lowest BCUT2D eigenvalue weighted by molar-refractivity contribution is 0.184. The van der Waals surface area contributed by atoms with E-state index in [-0.39, 0.29) is 0 Å². The highest BCUT2D eigenvalue weighted by Gasteiger charge is 2.43. The van der Waals surface area contributed by atoms with Crippen molar-refractivity contribution in [3.8, 4) is 0 Å². The maximum absolute atomic E-state index is 3.68. The molecule has 82 valence electrons. The molecule has 0 bridgehead atoms. The van der Waals surface area contributed by atoms with Crippen LogP contribution in [-0.4, -0.2) is 13.1 Å². The molecule has 1 aromatic carbocycles. The maximum Gasteiger partial charge on any atom is 0.0213 e. The topological polar surface area (TPSA) is 12.0 Å². The van der Waals surface area contributed by atoms with Crippen molar-refractivity contribution in [3.05, 3.63) is 34.3 Å². The number of rotatable bonds is 3. The Morgan fingerprint density at radius 1 is 1.33 bits per heavy atom. The van der Waals surface area contributed by atoms with Crippen LogP contribution in [0.1, 0.15) is 31.7 Å². The summed E-state index contributed by atoms with van der Waals surface area (Å²) in [5.74, 6) is 0. The number of hydrogen-bond donors (Lipinski definition) is 1. The fourth-order valence-corrected chi connectivity index (χ4v) is 3.31. The smallest absolute Gasteiger partial charge is 0.0213 e. The Morgan fingerprint density at radius 3 is 2.47 bits per heavy atom. The third kappa shape index (κ3) is 1.74. The number of benzene rings is 1. The Hall–Kier alpha value is -0.340. The first-order valence-corrected chi connectivity index (χ1v) is 6.42. The second kappa shape index (κ2) is 4.26. The molecule has 0 heterocycles. The van der Waals surface area contributed by atoms with Crippen LogP contribution in [0.2, 0.25) is 0 Å². The van der Waals surface area contributed by atoms with Gasteiger partial charge in [-0.3, -0.25) is 0 Å². The Bertz CT molecular complexity index is 344. The summed E-state index contributed by atoms with van der Waals surface area (Å²) in [4.78, 5) is 0. The van der Waals surface area contributed by atoms with Crippen LogP contribution >= 0.6 is 15.9 Å². The fourth-order valence-electron chi connectivity index (χ4n) is 2.63. The zero-order valence-electron chi connectivity index (χ0n) is 9.39. The van der Waals surface area contributed by atoms with Gasteiger partial charge in [0.25, 0.3) is 0 Å². The van der Waals surface area contributed by atoms with E-state index in [9.17, 15) is 0 Å². The minimum atomic E-state index is 0.356. The monoisotopic (exact) mass is 267 g/mol. The molecule has 0 aromatic heterocycles. The molecular formula is C13H18BrN. The van der Waals surface area contributed by atoms with Gasteiger partial charge in [-0.2, -0.15) is 0 Å². The van der Waals surface area contributed by atoms with Gasteiger partial charge in [0, 0.05) is 15.9 Å². The standard InChI is InChI=1S/C13H18BrN/c1-10(15-2)13(8-5-9-13)11-6-3-4-7-12(11)14/h3-4,6-7,10,15H,5,8-9H2,1-2H3. The van der Waals surface area contributed by atoms with Crippen LogP contribution in [0.3, 0.4) is 0 Å². The van der Waals surface area contributed by atoms with Crippen molar-refractivity contribution in [1.82, 2.24) is 5.32 Å². The van der Waals surface area contributed by atoms with Crippen molar-refractivity contribution in [3.63, 3.8) is 0 Å². The van der Waals surface area contributed by atoms with E-state index in [0.717, 1.165) is 0 Å². The van der Waals surface area contributed by atoms with Crippen molar-refractivity contribution in [1.29, 1.82) is 0 Å². The van der Waals surface area contributed by atoms with Gasteiger partial charge >= 0.3 is 0 Å². The third-order valence-corrected chi connectivity index (χ3v) is 4.61. The van der Waals surface area contributed by atoms with E-state index in [4.69, 9.17) is 0 Å². The van der Waals surface area contributed by atoms with Gasteiger partial charge in [-0.1, -0.05) is 40.5 Å². The molecule has 15 heavy (non-hydrogen) atoms. The quantitative estimate of drug-likeness (QED) is 0.885. The number of likely N-dealkylation sites (N-methyl/N-ethyl adjacent to an activating group) is 1. The van der Waals surface area contributed by atoms with E-state index >= 15 is 0 Å². The molecule has 0 radical (unpaired) electrons. The van der Waals surface area contributed by atoms with Crippen LogP contribution in [-0.2, 0) is 5.41 Å². The van der Waals surface area contributed by atoms with E-state index < -0.39 is 0 Å². The van der Waals surface area contributed by atoms with Crippen LogP contribution in [0, 0.1) is 0 Å². The lowest BCUT2D eigenvalue weighted by atomic mass is 9.60. The van der Waals surface area contributed by atoms with Crippen molar-refractivity contribution >= 4 is 15.9 Å². The Labute approximate surface area is 100 Å². The largest absolute Gasteiger partial charge is 0.316 e. The maximum atomic E-state index is 3.68. The van der Waals surface area contributed by atoms with E-state index in [2.05, 4.69) is 59.5 Å². The minimum absolute atomic E-state index is 0.356. The minimum Gasteiger partial charge on any atom is -0.316 e. The fraction of sp³-hybridized carbons (Fsp3) is 0.538. The molecule has 1 fully saturated rings. The van der Waals surface area contributed by atoms with Gasteiger partial charge in [-0.25, -0.2) is 0 Å². The van der Waals surface area contributed by atoms with Gasteiger partial charge in [0.2, 0.25) is 0 Å². The Morgan fingerprint density at radius 2 is 2.00 bits per heavy atom. The molecule has 1 aliphatic carbocycles. The molecular weight excluding hydrogens is 250 g/mol. The van der Waals surface area contributed by atoms with Crippen LogP contribution in [0.15, 0.2) is 28.7 Å². The van der Waals surface area contributed by atoms with Gasteiger partial charge < -0.3 is 5.32 Å². The third-order valence-electron chi connectivity index (χ3n) is 3.92. The zero-order chi connectivity index (χ0) is 10.9. The predicted octanol–water partition coefficient (Wildman–Crippen LogP) is 3.48. The number of nitrogens with one attached hydrogen (secondary N) is 1. The molecule has 1 unspecified atom stereocenters. The highest BCUT2D eigenvalue weighted by atomic mass is 79.9. The van der Waals surface area contributed by atoms with E-state index in [1.807, 2.05) is 0 Å². The molecule has 2 rings (SSSR count). The first-order valence-electron chi connectivity index (χ1n) is 5.63. The van der Waals surface area contributed by atoms with Crippen LogP contribution in [0.4, 0.5) is 0 Å². The van der Waals surface area contributed by atoms with Crippen molar-refractivity contribution in [2.75, 3.05) is 7.05 Å². The summed E-state index contributed by atoms with van der Waals surface area (Å²) in [6, 6.07) is 9.19. The average Bonchev–Trinajstić information content (AvgIpc) is 2.19. The molecule has 1 saturated carbocycles. The van der Waals surface area contributed by atoms with Gasteiger partial charge in [-0.05, 0) is 38.4 Å². The summed E-state index contributed by atoms with van der Waals surface area (Å²) in [7, 11) is 2.06. The van der Waals surface area contributed by atoms with E-state index in [1.165, 1.54) is 29.3 Å². The van der Waals surface area contributed by atoms with Crippen molar-refractivity contribution in [2.45, 2.75) is 37.6 Å². The summed E-state index contributed by atoms with van der Waals surface area (Å²) in [5.41, 5.74) is 1.83. The molecule has 0 saturated heterocycles. The second-order valence-electron chi connectivity index (χ2n) is 4.50. The summed E-state index contributed by atoms with van der Waals surface area (Å²) in [6.07, 6.45) is 3.96. The molecule has 0 spiro atoms. The highest BCUT2D eigenvalue weighted by molar-refractivity contribution is 9.10. The summed E-state index contributed by atoms with van der Waals surface area (Å²) in [6.45, 7) is 2.29. The summed E-state index contributed by atoms with van der Waals surface area (Å²) >= 11 is 3.68. The van der Waals surface area contributed by atoms with Crippen LogP contribution in [0.25, 0.3) is 0 Å². The highest BCUT2D eigenvalue weighted by Crippen LogP contribution is 2.48. The zero-order valence-corrected chi connectivity index (χ0v) is 11.0. The second-order valence-corrected chi connectivity index (χ2v) is 5.35. The lowest BCUT2D eigenvalue weighted by Crippen LogP contribution is -2.50. The predicted molar refractivity (Wildman–Crippen MR) is 68.2 cm³/mol. The molecule has 1 nitrogen and oxygen atoms in total. The van der Waals surface area contributed by atoms with Crippen molar-refractivity contribution < 1.29 is 0 Å². The van der Waals surface area contributed by atoms with Gasteiger partial charge in [0.05, 0.1) is 0 Å². The lowest BCUT2D eigenvalue weighted by Gasteiger charge is -2.47. The molecule has 0 aliphatic heterocycles. The molecule has 0 amide bonds. The van der Waals surface area contributed by atoms with Gasteiger partial charge in [0.1, 0.15) is 0 Å². The summed E-state index contributed by atoms with van der Waals surface area (Å²) < 4.78 is 1.26. The number of halogens is 1. The van der Waals surface area contributed by atoms with Gasteiger partial charge in [0.15, 0.2) is 0 Å². The Kier molecular flexibility index (Phi) is 3.17.